The molecule has 0 radical (unpaired) electrons. The number of aliphatic hydroxyl groups is 1. The summed E-state index contributed by atoms with van der Waals surface area (Å²) in [5, 5.41) is 19.9. The molecule has 0 aliphatic rings. The predicted octanol–water partition coefficient (Wildman–Crippen LogP) is 1.19. The first-order chi connectivity index (χ1) is 9.56. The molecular formula is C10H14Cl3N2O5P. The largest absolute Gasteiger partial charge is 0.777 e. The Kier molecular flexibility index (Phi) is 8.73. The number of halogens is 3. The van der Waals surface area contributed by atoms with E-state index in [0.29, 0.717) is 0 Å². The van der Waals surface area contributed by atoms with Crippen LogP contribution in [0.25, 0.3) is 0 Å². The normalized spacial score (nSPS) is 16.0. The molecule has 0 saturated heterocycles. The van der Waals surface area contributed by atoms with Gasteiger partial charge < -0.3 is 24.3 Å². The van der Waals surface area contributed by atoms with Gasteiger partial charge >= 0.3 is 0 Å². The zero-order valence-electron chi connectivity index (χ0n) is 11.1. The molecule has 1 aromatic rings. The molecule has 0 saturated carbocycles. The summed E-state index contributed by atoms with van der Waals surface area (Å²) in [6, 6.07) is 5.66. The molecule has 7 nitrogen and oxygen atoms in total. The molecule has 21 heavy (non-hydrogen) atoms. The molecule has 1 rings (SSSR count). The Balaban J connectivity index is 0.000000382. The first kappa shape index (κ1) is 20.6. The highest BCUT2D eigenvalue weighted by molar-refractivity contribution is 7.52. The molecule has 1 aromatic heterocycles. The maximum atomic E-state index is 10.6. The van der Waals surface area contributed by atoms with Crippen LogP contribution in [0.4, 0.5) is 0 Å². The monoisotopic (exact) mass is 378 g/mol. The van der Waals surface area contributed by atoms with Gasteiger partial charge in [0.15, 0.2) is 19.6 Å². The lowest BCUT2D eigenvalue weighted by atomic mass is 10.4. The molecule has 0 aromatic carbocycles. The second-order valence-corrected chi connectivity index (χ2v) is 7.92. The standard InChI is InChI=1S/C7H8N2O.C3H6Cl3O4P/c1-9-5-3-2-4-7(9)6-8-10;1-10-11(8,9)2(7)3(4,5)6/h2-6H,1H3;2,7H,1H3,(H,8,9). The van der Waals surface area contributed by atoms with E-state index in [1.54, 1.807) is 0 Å². The number of oxime groups is 1. The van der Waals surface area contributed by atoms with Crippen LogP contribution >= 0.6 is 42.4 Å². The van der Waals surface area contributed by atoms with Gasteiger partial charge in [-0.15, -0.1) is 0 Å². The van der Waals surface area contributed by atoms with E-state index in [4.69, 9.17) is 45.1 Å². The van der Waals surface area contributed by atoms with Crippen molar-refractivity contribution in [3.05, 3.63) is 30.1 Å². The molecule has 0 spiro atoms. The lowest BCUT2D eigenvalue weighted by molar-refractivity contribution is -0.672. The van der Waals surface area contributed by atoms with E-state index in [-0.39, 0.29) is 0 Å². The molecule has 0 bridgehead atoms. The third kappa shape index (κ3) is 7.42. The highest BCUT2D eigenvalue weighted by Crippen LogP contribution is 2.50. The number of aromatic nitrogens is 1. The molecule has 2 atom stereocenters. The number of hydrogen-bond acceptors (Lipinski definition) is 6. The maximum absolute atomic E-state index is 10.6. The highest BCUT2D eigenvalue weighted by Gasteiger charge is 2.38. The van der Waals surface area contributed by atoms with Crippen LogP contribution in [0.1, 0.15) is 5.69 Å². The van der Waals surface area contributed by atoms with Gasteiger partial charge in [-0.05, 0) is 6.07 Å². The second kappa shape index (κ2) is 8.90. The van der Waals surface area contributed by atoms with Gasteiger partial charge in [0.2, 0.25) is 9.49 Å². The smallest absolute Gasteiger partial charge is 0.226 e. The third-order valence-corrected chi connectivity index (χ3v) is 4.70. The van der Waals surface area contributed by atoms with Crippen LogP contribution in [0.5, 0.6) is 0 Å². The van der Waals surface area contributed by atoms with Gasteiger partial charge in [0.25, 0.3) is 0 Å². The van der Waals surface area contributed by atoms with Crippen molar-refractivity contribution in [1.82, 2.24) is 0 Å². The summed E-state index contributed by atoms with van der Waals surface area (Å²) in [5.41, 5.74) is 0.866. The molecule has 0 aliphatic carbocycles. The summed E-state index contributed by atoms with van der Waals surface area (Å²) in [5.74, 6) is -2.15. The van der Waals surface area contributed by atoms with Crippen LogP contribution in [0, 0.1) is 0 Å². The number of aryl methyl sites for hydroxylation is 1. The van der Waals surface area contributed by atoms with Crippen LogP contribution in [-0.2, 0) is 16.1 Å². The predicted molar refractivity (Wildman–Crippen MR) is 77.9 cm³/mol. The lowest BCUT2D eigenvalue weighted by Gasteiger charge is -2.30. The fraction of sp³-hybridized carbons (Fsp3) is 0.400. The number of nitrogens with zero attached hydrogens (tertiary/aromatic N) is 2. The van der Waals surface area contributed by atoms with Gasteiger partial charge in [-0.2, -0.15) is 0 Å². The summed E-state index contributed by atoms with van der Waals surface area (Å²) in [6.07, 6.45) is 3.27. The molecule has 120 valence electrons. The SMILES string of the molecule is COP(=O)([O-])C(O)C(Cl)(Cl)Cl.C[n+]1ccccc1/C=N/O. The Morgan fingerprint density at radius 3 is 2.43 bits per heavy atom. The topological polar surface area (TPSA) is 106 Å². The van der Waals surface area contributed by atoms with Crippen molar-refractivity contribution >= 4 is 48.6 Å². The van der Waals surface area contributed by atoms with Gasteiger partial charge in [-0.3, -0.25) is 0 Å². The molecule has 2 unspecified atom stereocenters. The van der Waals surface area contributed by atoms with E-state index in [1.165, 1.54) is 6.21 Å². The molecule has 0 fully saturated rings. The number of alkyl halides is 3. The summed E-state index contributed by atoms with van der Waals surface area (Å²) >= 11 is 15.2. The van der Waals surface area contributed by atoms with Crippen molar-refractivity contribution in [3.8, 4) is 0 Å². The lowest BCUT2D eigenvalue weighted by Crippen LogP contribution is -2.32. The minimum atomic E-state index is -4.48. The summed E-state index contributed by atoms with van der Waals surface area (Å²) in [6.45, 7) is 0. The van der Waals surface area contributed by atoms with E-state index in [2.05, 4.69) is 9.68 Å². The van der Waals surface area contributed by atoms with Crippen molar-refractivity contribution in [1.29, 1.82) is 0 Å². The summed E-state index contributed by atoms with van der Waals surface area (Å²) in [7, 11) is -1.72. The van der Waals surface area contributed by atoms with E-state index >= 15 is 0 Å². The van der Waals surface area contributed by atoms with Gasteiger partial charge in [0.05, 0.1) is 0 Å². The van der Waals surface area contributed by atoms with Crippen LogP contribution in [0.15, 0.2) is 29.6 Å². The average molecular weight is 380 g/mol. The highest BCUT2D eigenvalue weighted by atomic mass is 35.6. The molecule has 0 amide bonds. The summed E-state index contributed by atoms with van der Waals surface area (Å²) < 4.78 is 14.1. The molecule has 0 aliphatic heterocycles. The van der Waals surface area contributed by atoms with E-state index in [1.807, 2.05) is 36.0 Å². The summed E-state index contributed by atoms with van der Waals surface area (Å²) in [4.78, 5) is 10.6. The molecule has 2 N–H and O–H groups in total. The minimum Gasteiger partial charge on any atom is -0.777 e. The van der Waals surface area contributed by atoms with Crippen molar-refractivity contribution in [2.75, 3.05) is 7.11 Å². The van der Waals surface area contributed by atoms with Gasteiger partial charge in [0, 0.05) is 19.2 Å². The van der Waals surface area contributed by atoms with E-state index < -0.39 is 17.2 Å². The van der Waals surface area contributed by atoms with Crippen molar-refractivity contribution in [2.24, 2.45) is 12.2 Å². The van der Waals surface area contributed by atoms with Crippen LogP contribution in [0.2, 0.25) is 0 Å². The molecule has 11 heteroatoms. The van der Waals surface area contributed by atoms with Crippen molar-refractivity contribution < 1.29 is 28.9 Å². The van der Waals surface area contributed by atoms with Crippen LogP contribution in [-0.4, -0.2) is 33.3 Å². The van der Waals surface area contributed by atoms with Crippen LogP contribution < -0.4 is 9.46 Å². The Morgan fingerprint density at radius 1 is 1.52 bits per heavy atom. The minimum absolute atomic E-state index is 0.866. The number of hydrogen-bond donors (Lipinski definition) is 2. The number of pyridine rings is 1. The Bertz CT molecular complexity index is 524. The van der Waals surface area contributed by atoms with Gasteiger partial charge in [-0.1, -0.05) is 40.0 Å². The fourth-order valence-corrected chi connectivity index (χ4v) is 2.64. The Labute approximate surface area is 136 Å². The molecule has 1 heterocycles. The van der Waals surface area contributed by atoms with Crippen molar-refractivity contribution in [2.45, 2.75) is 9.64 Å². The Morgan fingerprint density at radius 2 is 2.10 bits per heavy atom. The first-order valence-corrected chi connectivity index (χ1v) is 8.04. The quantitative estimate of drug-likeness (QED) is 0.205. The van der Waals surface area contributed by atoms with Gasteiger partial charge in [0.1, 0.15) is 13.3 Å². The average Bonchev–Trinajstić information content (AvgIpc) is 2.40. The third-order valence-electron chi connectivity index (χ3n) is 2.13. The zero-order chi connectivity index (χ0) is 16.7. The van der Waals surface area contributed by atoms with Crippen molar-refractivity contribution in [3.63, 3.8) is 0 Å². The maximum Gasteiger partial charge on any atom is 0.226 e. The van der Waals surface area contributed by atoms with E-state index in [0.717, 1.165) is 12.8 Å². The second-order valence-electron chi connectivity index (χ2n) is 3.62. The van der Waals surface area contributed by atoms with E-state index in [9.17, 15) is 9.46 Å². The molecular weight excluding hydrogens is 365 g/mol. The Hall–Kier alpha value is -0.400. The van der Waals surface area contributed by atoms with Gasteiger partial charge in [-0.25, -0.2) is 4.57 Å². The van der Waals surface area contributed by atoms with Crippen LogP contribution in [0.3, 0.4) is 0 Å². The number of aliphatic hydroxyl groups excluding tert-OH is 1. The zero-order valence-corrected chi connectivity index (χ0v) is 14.2. The first-order valence-electron chi connectivity index (χ1n) is 5.29. The number of rotatable bonds is 3. The fourth-order valence-electron chi connectivity index (χ4n) is 1.01.